The summed E-state index contributed by atoms with van der Waals surface area (Å²) in [4.78, 5) is 22.5. The number of cyclic esters (lactones) is 1. The predicted molar refractivity (Wildman–Crippen MR) is 53.9 cm³/mol. The smallest absolute Gasteiger partial charge is 0.344 e. The molecule has 0 atom stereocenters. The van der Waals surface area contributed by atoms with E-state index in [2.05, 4.69) is 5.32 Å². The van der Waals surface area contributed by atoms with Crippen molar-refractivity contribution in [3.8, 4) is 0 Å². The zero-order valence-corrected chi connectivity index (χ0v) is 8.11. The van der Waals surface area contributed by atoms with Crippen LogP contribution in [0.2, 0.25) is 0 Å². The van der Waals surface area contributed by atoms with E-state index < -0.39 is 5.97 Å². The summed E-state index contributed by atoms with van der Waals surface area (Å²) < 4.78 is 4.97. The molecular weight excluding hydrogens is 194 g/mol. The first-order chi connectivity index (χ1) is 7.22. The monoisotopic (exact) mass is 203 g/mol. The molecule has 4 nitrogen and oxygen atoms in total. The Morgan fingerprint density at radius 1 is 1.33 bits per heavy atom. The molecule has 0 saturated heterocycles. The zero-order chi connectivity index (χ0) is 10.8. The Hall–Kier alpha value is -2.10. The zero-order valence-electron chi connectivity index (χ0n) is 8.11. The molecule has 1 aromatic carbocycles. The van der Waals surface area contributed by atoms with E-state index in [4.69, 9.17) is 4.74 Å². The maximum absolute atomic E-state index is 11.4. The summed E-state index contributed by atoms with van der Waals surface area (Å²) in [6.07, 6.45) is 1.27. The Morgan fingerprint density at radius 2 is 2.00 bits per heavy atom. The van der Waals surface area contributed by atoms with E-state index in [9.17, 15) is 9.59 Å². The van der Waals surface area contributed by atoms with Crippen LogP contribution in [0.25, 0.3) is 5.76 Å². The molecule has 1 amide bonds. The van der Waals surface area contributed by atoms with Crippen molar-refractivity contribution < 1.29 is 14.3 Å². The van der Waals surface area contributed by atoms with E-state index in [1.54, 1.807) is 24.3 Å². The maximum Gasteiger partial charge on any atom is 0.344 e. The lowest BCUT2D eigenvalue weighted by atomic mass is 10.1. The molecule has 1 aromatic rings. The van der Waals surface area contributed by atoms with Crippen LogP contribution < -0.4 is 5.32 Å². The van der Waals surface area contributed by atoms with Gasteiger partial charge in [0.25, 0.3) is 0 Å². The highest BCUT2D eigenvalue weighted by Gasteiger charge is 2.25. The summed E-state index contributed by atoms with van der Waals surface area (Å²) in [6, 6.07) is 6.96. The van der Waals surface area contributed by atoms with Gasteiger partial charge in [0.05, 0.1) is 5.56 Å². The summed E-state index contributed by atoms with van der Waals surface area (Å²) in [7, 11) is 1.52. The van der Waals surface area contributed by atoms with Crippen LogP contribution in [-0.4, -0.2) is 18.9 Å². The van der Waals surface area contributed by atoms with E-state index in [1.807, 2.05) is 0 Å². The van der Waals surface area contributed by atoms with Crippen molar-refractivity contribution in [3.63, 3.8) is 0 Å². The van der Waals surface area contributed by atoms with Crippen molar-refractivity contribution >= 4 is 17.6 Å². The number of rotatable bonds is 1. The number of fused-ring (bicyclic) bond motifs is 1. The van der Waals surface area contributed by atoms with Crippen molar-refractivity contribution in [2.75, 3.05) is 7.05 Å². The van der Waals surface area contributed by atoms with Crippen molar-refractivity contribution in [1.29, 1.82) is 0 Å². The number of ether oxygens (including phenoxy) is 1. The molecule has 0 aliphatic carbocycles. The molecule has 1 heterocycles. The van der Waals surface area contributed by atoms with Crippen LogP contribution in [0.5, 0.6) is 0 Å². The van der Waals surface area contributed by atoms with Crippen molar-refractivity contribution in [2.45, 2.75) is 0 Å². The lowest BCUT2D eigenvalue weighted by molar-refractivity contribution is -0.116. The maximum atomic E-state index is 11.4. The number of hydrogen-bond donors (Lipinski definition) is 1. The highest BCUT2D eigenvalue weighted by molar-refractivity contribution is 6.06. The van der Waals surface area contributed by atoms with Crippen LogP contribution in [0, 0.1) is 0 Å². The van der Waals surface area contributed by atoms with Crippen LogP contribution in [-0.2, 0) is 9.53 Å². The SMILES string of the molecule is CNC(=O)C=C1OC(=O)c2ccccc21. The first-order valence-corrected chi connectivity index (χ1v) is 4.47. The molecule has 0 saturated carbocycles. The van der Waals surface area contributed by atoms with E-state index in [1.165, 1.54) is 13.1 Å². The standard InChI is InChI=1S/C11H9NO3/c1-12-10(13)6-9-7-4-2-3-5-8(7)11(14)15-9/h2-6H,1H3,(H,12,13). The van der Waals surface area contributed by atoms with Gasteiger partial charge in [-0.15, -0.1) is 0 Å². The Balaban J connectivity index is 2.45. The quantitative estimate of drug-likeness (QED) is 0.546. The Labute approximate surface area is 86.5 Å². The molecule has 0 fully saturated rings. The van der Waals surface area contributed by atoms with Crippen molar-refractivity contribution in [1.82, 2.24) is 5.32 Å². The topological polar surface area (TPSA) is 55.4 Å². The first kappa shape index (κ1) is 9.45. The fourth-order valence-corrected chi connectivity index (χ4v) is 1.38. The van der Waals surface area contributed by atoms with Gasteiger partial charge in [0.15, 0.2) is 0 Å². The molecule has 0 spiro atoms. The fraction of sp³-hybridized carbons (Fsp3) is 0.0909. The second-order valence-corrected chi connectivity index (χ2v) is 3.06. The van der Waals surface area contributed by atoms with Crippen molar-refractivity contribution in [3.05, 3.63) is 41.5 Å². The highest BCUT2D eigenvalue weighted by Crippen LogP contribution is 2.28. The molecule has 15 heavy (non-hydrogen) atoms. The summed E-state index contributed by atoms with van der Waals surface area (Å²) in [5.74, 6) is -0.412. The van der Waals surface area contributed by atoms with Gasteiger partial charge in [-0.25, -0.2) is 4.79 Å². The third-order valence-corrected chi connectivity index (χ3v) is 2.12. The van der Waals surface area contributed by atoms with Crippen LogP contribution in [0.4, 0.5) is 0 Å². The minimum Gasteiger partial charge on any atom is -0.422 e. The lowest BCUT2D eigenvalue weighted by Gasteiger charge is -1.97. The number of benzene rings is 1. The molecule has 1 aliphatic rings. The molecule has 0 aromatic heterocycles. The largest absolute Gasteiger partial charge is 0.422 e. The molecule has 0 radical (unpaired) electrons. The second-order valence-electron chi connectivity index (χ2n) is 3.06. The summed E-state index contributed by atoms with van der Waals surface area (Å²) in [6.45, 7) is 0. The predicted octanol–water partition coefficient (Wildman–Crippen LogP) is 0.944. The minimum atomic E-state index is -0.416. The minimum absolute atomic E-state index is 0.297. The number of amides is 1. The molecule has 1 N–H and O–H groups in total. The number of carbonyl (C=O) groups excluding carboxylic acids is 2. The molecule has 2 rings (SSSR count). The molecule has 0 bridgehead atoms. The van der Waals surface area contributed by atoms with Crippen LogP contribution >= 0.6 is 0 Å². The van der Waals surface area contributed by atoms with E-state index in [0.29, 0.717) is 16.9 Å². The van der Waals surface area contributed by atoms with Gasteiger partial charge in [-0.3, -0.25) is 4.79 Å². The summed E-state index contributed by atoms with van der Waals surface area (Å²) in [5, 5.41) is 2.43. The fourth-order valence-electron chi connectivity index (χ4n) is 1.38. The number of nitrogens with one attached hydrogen (secondary N) is 1. The summed E-state index contributed by atoms with van der Waals surface area (Å²) >= 11 is 0. The summed E-state index contributed by atoms with van der Waals surface area (Å²) in [5.41, 5.74) is 1.15. The van der Waals surface area contributed by atoms with Gasteiger partial charge in [0, 0.05) is 18.7 Å². The third-order valence-electron chi connectivity index (χ3n) is 2.12. The number of likely N-dealkylation sites (N-methyl/N-ethyl adjacent to an activating group) is 1. The van der Waals surface area contributed by atoms with Gasteiger partial charge in [-0.1, -0.05) is 18.2 Å². The molecule has 0 unspecified atom stereocenters. The first-order valence-electron chi connectivity index (χ1n) is 4.47. The molecule has 76 valence electrons. The third kappa shape index (κ3) is 1.61. The average molecular weight is 203 g/mol. The van der Waals surface area contributed by atoms with Gasteiger partial charge in [-0.05, 0) is 6.07 Å². The number of carbonyl (C=O) groups is 2. The normalized spacial score (nSPS) is 16.1. The number of hydrogen-bond acceptors (Lipinski definition) is 3. The van der Waals surface area contributed by atoms with E-state index in [0.717, 1.165) is 0 Å². The van der Waals surface area contributed by atoms with Gasteiger partial charge < -0.3 is 10.1 Å². The van der Waals surface area contributed by atoms with Gasteiger partial charge in [0.2, 0.25) is 5.91 Å². The Kier molecular flexibility index (Phi) is 2.25. The van der Waals surface area contributed by atoms with E-state index >= 15 is 0 Å². The molecular formula is C11H9NO3. The van der Waals surface area contributed by atoms with Gasteiger partial charge >= 0.3 is 5.97 Å². The van der Waals surface area contributed by atoms with Gasteiger partial charge in [0.1, 0.15) is 5.76 Å². The number of esters is 1. The van der Waals surface area contributed by atoms with Crippen LogP contribution in [0.15, 0.2) is 30.3 Å². The Morgan fingerprint density at radius 3 is 2.67 bits per heavy atom. The highest BCUT2D eigenvalue weighted by atomic mass is 16.5. The molecule has 4 heteroatoms. The molecule has 1 aliphatic heterocycles. The Bertz CT molecular complexity index is 463. The van der Waals surface area contributed by atoms with Crippen LogP contribution in [0.3, 0.4) is 0 Å². The van der Waals surface area contributed by atoms with Crippen molar-refractivity contribution in [2.24, 2.45) is 0 Å². The van der Waals surface area contributed by atoms with E-state index in [-0.39, 0.29) is 5.91 Å². The lowest BCUT2D eigenvalue weighted by Crippen LogP contribution is -2.14. The van der Waals surface area contributed by atoms with Gasteiger partial charge in [-0.2, -0.15) is 0 Å². The van der Waals surface area contributed by atoms with Crippen LogP contribution in [0.1, 0.15) is 15.9 Å². The second kappa shape index (κ2) is 3.57. The average Bonchev–Trinajstić information content (AvgIpc) is 2.57.